The minimum Gasteiger partial charge on any atom is -0.393 e. The van der Waals surface area contributed by atoms with Crippen molar-refractivity contribution in [1.82, 2.24) is 15.2 Å². The van der Waals surface area contributed by atoms with Crippen molar-refractivity contribution in [3.63, 3.8) is 0 Å². The van der Waals surface area contributed by atoms with E-state index in [9.17, 15) is 0 Å². The van der Waals surface area contributed by atoms with Crippen LogP contribution in [0.15, 0.2) is 5.16 Å². The van der Waals surface area contributed by atoms with Crippen LogP contribution < -0.4 is 5.73 Å². The summed E-state index contributed by atoms with van der Waals surface area (Å²) in [7, 11) is 0. The maximum absolute atomic E-state index is 8.90. The van der Waals surface area contributed by atoms with Gasteiger partial charge in [0, 0.05) is 5.75 Å². The zero-order valence-electron chi connectivity index (χ0n) is 6.11. The first kappa shape index (κ1) is 8.35. The first-order chi connectivity index (χ1) is 5.18. The number of nitrogens with one attached hydrogen (secondary N) is 1. The highest BCUT2D eigenvalue weighted by molar-refractivity contribution is 7.99. The van der Waals surface area contributed by atoms with Gasteiger partial charge in [-0.1, -0.05) is 11.8 Å². The number of nitrogens with two attached hydrogens (primary N) is 1. The summed E-state index contributed by atoms with van der Waals surface area (Å²) in [6.45, 7) is 1.71. The molecular weight excluding hydrogens is 164 g/mol. The van der Waals surface area contributed by atoms with Crippen LogP contribution in [0.5, 0.6) is 0 Å². The predicted molar refractivity (Wildman–Crippen MR) is 43.2 cm³/mol. The van der Waals surface area contributed by atoms with Crippen LogP contribution in [-0.2, 0) is 0 Å². The van der Waals surface area contributed by atoms with Crippen molar-refractivity contribution in [1.29, 1.82) is 0 Å². The molecule has 5 nitrogen and oxygen atoms in total. The summed E-state index contributed by atoms with van der Waals surface area (Å²) >= 11 is 1.37. The molecule has 4 N–H and O–H groups in total. The van der Waals surface area contributed by atoms with Crippen LogP contribution in [0.1, 0.15) is 6.92 Å². The minimum absolute atomic E-state index is 0.304. The molecular formula is C5H10N4OS. The fourth-order valence-electron chi connectivity index (χ4n) is 0.518. The highest BCUT2D eigenvalue weighted by atomic mass is 32.2. The Hall–Kier alpha value is -0.750. The number of nitrogen functional groups attached to an aromatic ring is 1. The molecule has 1 unspecified atom stereocenters. The highest BCUT2D eigenvalue weighted by Crippen LogP contribution is 2.13. The van der Waals surface area contributed by atoms with Crippen LogP contribution in [0.3, 0.4) is 0 Å². The molecule has 62 valence electrons. The molecule has 0 radical (unpaired) electrons. The molecule has 0 saturated carbocycles. The summed E-state index contributed by atoms with van der Waals surface area (Å²) in [4.78, 5) is 3.85. The standard InChI is InChI=1S/C5H10N4OS/c1-3(10)2-11-5-7-4(6)8-9-5/h3,10H,2H2,1H3,(H3,6,7,8,9). The number of aliphatic hydroxyl groups excluding tert-OH is 1. The molecule has 0 aliphatic heterocycles. The molecule has 0 bridgehead atoms. The third-order valence-corrected chi connectivity index (χ3v) is 2.03. The van der Waals surface area contributed by atoms with Crippen molar-refractivity contribution >= 4 is 17.7 Å². The van der Waals surface area contributed by atoms with E-state index in [0.717, 1.165) is 0 Å². The van der Waals surface area contributed by atoms with Crippen molar-refractivity contribution in [2.75, 3.05) is 11.5 Å². The van der Waals surface area contributed by atoms with Crippen molar-refractivity contribution in [3.8, 4) is 0 Å². The van der Waals surface area contributed by atoms with Gasteiger partial charge in [-0.05, 0) is 6.92 Å². The van der Waals surface area contributed by atoms with Crippen LogP contribution in [0.25, 0.3) is 0 Å². The van der Waals surface area contributed by atoms with E-state index in [-0.39, 0.29) is 6.10 Å². The third kappa shape index (κ3) is 2.77. The fraction of sp³-hybridized carbons (Fsp3) is 0.600. The number of nitrogens with zero attached hydrogens (tertiary/aromatic N) is 2. The molecule has 6 heteroatoms. The normalized spacial score (nSPS) is 13.3. The molecule has 0 aliphatic rings. The Bertz CT molecular complexity index is 224. The summed E-state index contributed by atoms with van der Waals surface area (Å²) in [5, 5.41) is 15.8. The maximum Gasteiger partial charge on any atom is 0.216 e. The smallest absolute Gasteiger partial charge is 0.216 e. The van der Waals surface area contributed by atoms with E-state index in [1.807, 2.05) is 0 Å². The SMILES string of the molecule is CC(O)CSc1n[nH]c(N)n1. The van der Waals surface area contributed by atoms with E-state index >= 15 is 0 Å². The second-order valence-corrected chi connectivity index (χ2v) is 3.15. The van der Waals surface area contributed by atoms with Gasteiger partial charge in [0.25, 0.3) is 0 Å². The summed E-state index contributed by atoms with van der Waals surface area (Å²) in [5.41, 5.74) is 5.28. The lowest BCUT2D eigenvalue weighted by atomic mass is 10.5. The number of hydrogen-bond acceptors (Lipinski definition) is 5. The van der Waals surface area contributed by atoms with Crippen LogP contribution in [-0.4, -0.2) is 32.1 Å². The highest BCUT2D eigenvalue weighted by Gasteiger charge is 2.02. The average molecular weight is 174 g/mol. The van der Waals surface area contributed by atoms with Crippen LogP contribution in [0, 0.1) is 0 Å². The van der Waals surface area contributed by atoms with E-state index in [1.54, 1.807) is 6.92 Å². The van der Waals surface area contributed by atoms with Crippen LogP contribution in [0.2, 0.25) is 0 Å². The van der Waals surface area contributed by atoms with Gasteiger partial charge in [-0.15, -0.1) is 5.10 Å². The summed E-state index contributed by atoms with van der Waals surface area (Å²) in [5.74, 6) is 0.884. The summed E-state index contributed by atoms with van der Waals surface area (Å²) in [6.07, 6.45) is -0.347. The van der Waals surface area contributed by atoms with Gasteiger partial charge in [0.15, 0.2) is 0 Å². The first-order valence-corrected chi connectivity index (χ1v) is 4.16. The topological polar surface area (TPSA) is 87.8 Å². The van der Waals surface area contributed by atoms with Gasteiger partial charge in [-0.2, -0.15) is 4.98 Å². The Balaban J connectivity index is 2.39. The number of thioether (sulfide) groups is 1. The fourth-order valence-corrected chi connectivity index (χ4v) is 1.18. The van der Waals surface area contributed by atoms with E-state index < -0.39 is 0 Å². The van der Waals surface area contributed by atoms with Crippen molar-refractivity contribution in [2.45, 2.75) is 18.2 Å². The summed E-state index contributed by atoms with van der Waals surface area (Å²) in [6, 6.07) is 0. The van der Waals surface area contributed by atoms with Gasteiger partial charge in [0.05, 0.1) is 6.10 Å². The lowest BCUT2D eigenvalue weighted by Gasteiger charge is -1.98. The molecule has 0 spiro atoms. The first-order valence-electron chi connectivity index (χ1n) is 3.17. The quantitative estimate of drug-likeness (QED) is 0.555. The number of anilines is 1. The number of H-pyrrole nitrogens is 1. The second kappa shape index (κ2) is 3.59. The molecule has 1 atom stereocenters. The third-order valence-electron chi connectivity index (χ3n) is 0.936. The molecule has 0 saturated heterocycles. The Morgan fingerprint density at radius 1 is 1.82 bits per heavy atom. The van der Waals surface area contributed by atoms with Crippen molar-refractivity contribution in [2.24, 2.45) is 0 Å². The van der Waals surface area contributed by atoms with E-state index in [0.29, 0.717) is 16.9 Å². The molecule has 0 aliphatic carbocycles. The van der Waals surface area contributed by atoms with Crippen molar-refractivity contribution < 1.29 is 5.11 Å². The van der Waals surface area contributed by atoms with E-state index in [4.69, 9.17) is 10.8 Å². The second-order valence-electron chi connectivity index (χ2n) is 2.16. The average Bonchev–Trinajstić information content (AvgIpc) is 2.31. The Morgan fingerprint density at radius 3 is 3.00 bits per heavy atom. The lowest BCUT2D eigenvalue weighted by Crippen LogP contribution is -2.02. The van der Waals surface area contributed by atoms with Crippen LogP contribution >= 0.6 is 11.8 Å². The number of aromatic amines is 1. The number of hydrogen-bond donors (Lipinski definition) is 3. The van der Waals surface area contributed by atoms with Gasteiger partial charge >= 0.3 is 0 Å². The van der Waals surface area contributed by atoms with E-state index in [2.05, 4.69) is 15.2 Å². The van der Waals surface area contributed by atoms with Gasteiger partial charge < -0.3 is 10.8 Å². The number of aliphatic hydroxyl groups is 1. The summed E-state index contributed by atoms with van der Waals surface area (Å²) < 4.78 is 0. The monoisotopic (exact) mass is 174 g/mol. The Morgan fingerprint density at radius 2 is 2.55 bits per heavy atom. The predicted octanol–water partition coefficient (Wildman–Crippen LogP) is -0.140. The largest absolute Gasteiger partial charge is 0.393 e. The molecule has 1 heterocycles. The Labute approximate surface area is 68.4 Å². The molecule has 0 aromatic carbocycles. The molecule has 1 aromatic heterocycles. The van der Waals surface area contributed by atoms with Crippen LogP contribution in [0.4, 0.5) is 5.95 Å². The number of aromatic nitrogens is 3. The lowest BCUT2D eigenvalue weighted by molar-refractivity contribution is 0.220. The Kier molecular flexibility index (Phi) is 2.72. The number of rotatable bonds is 3. The van der Waals surface area contributed by atoms with Gasteiger partial charge in [0.1, 0.15) is 0 Å². The van der Waals surface area contributed by atoms with E-state index in [1.165, 1.54) is 11.8 Å². The van der Waals surface area contributed by atoms with Crippen molar-refractivity contribution in [3.05, 3.63) is 0 Å². The van der Waals surface area contributed by atoms with Gasteiger partial charge in [-0.25, -0.2) is 5.10 Å². The van der Waals surface area contributed by atoms with Gasteiger partial charge in [-0.3, -0.25) is 0 Å². The molecule has 0 amide bonds. The maximum atomic E-state index is 8.90. The molecule has 1 aromatic rings. The molecule has 11 heavy (non-hydrogen) atoms. The molecule has 0 fully saturated rings. The zero-order valence-corrected chi connectivity index (χ0v) is 6.93. The van der Waals surface area contributed by atoms with Gasteiger partial charge in [0.2, 0.25) is 11.1 Å². The molecule has 1 rings (SSSR count). The minimum atomic E-state index is -0.347. The zero-order chi connectivity index (χ0) is 8.27.